The molecule has 6 nitrogen and oxygen atoms in total. The average Bonchev–Trinajstić information content (AvgIpc) is 3.02. The van der Waals surface area contributed by atoms with E-state index in [0.717, 1.165) is 19.6 Å². The van der Waals surface area contributed by atoms with Gasteiger partial charge in [-0.3, -0.25) is 9.69 Å². The maximum absolute atomic E-state index is 12.5. The van der Waals surface area contributed by atoms with Crippen molar-refractivity contribution >= 4 is 23.3 Å². The zero-order valence-electron chi connectivity index (χ0n) is 14.7. The summed E-state index contributed by atoms with van der Waals surface area (Å²) in [5, 5.41) is 2.97. The number of carbonyl (C=O) groups is 2. The van der Waals surface area contributed by atoms with E-state index in [0.29, 0.717) is 26.1 Å². The molecule has 3 amide bonds. The molecule has 2 aliphatic rings. The molecule has 0 aliphatic carbocycles. The molecule has 24 heavy (non-hydrogen) atoms. The van der Waals surface area contributed by atoms with Crippen molar-refractivity contribution < 1.29 is 9.59 Å². The molecule has 0 saturated carbocycles. The van der Waals surface area contributed by atoms with E-state index in [2.05, 4.69) is 29.3 Å². The summed E-state index contributed by atoms with van der Waals surface area (Å²) < 4.78 is 0. The van der Waals surface area contributed by atoms with Crippen molar-refractivity contribution in [3.8, 4) is 0 Å². The van der Waals surface area contributed by atoms with Gasteiger partial charge < -0.3 is 15.1 Å². The molecule has 3 heterocycles. The lowest BCUT2D eigenvalue weighted by molar-refractivity contribution is -0.119. The van der Waals surface area contributed by atoms with Gasteiger partial charge in [-0.05, 0) is 19.1 Å². The highest BCUT2D eigenvalue weighted by Gasteiger charge is 2.44. The summed E-state index contributed by atoms with van der Waals surface area (Å²) >= 11 is 1.82. The number of amides is 3. The fourth-order valence-corrected chi connectivity index (χ4v) is 4.63. The number of carbonyl (C=O) groups excluding carboxylic acids is 2. The Labute approximate surface area is 147 Å². The lowest BCUT2D eigenvalue weighted by Gasteiger charge is -2.33. The van der Waals surface area contributed by atoms with Gasteiger partial charge >= 0.3 is 6.03 Å². The van der Waals surface area contributed by atoms with Crippen LogP contribution in [-0.4, -0.2) is 73.5 Å². The van der Waals surface area contributed by atoms with Gasteiger partial charge in [0.1, 0.15) is 0 Å². The second-order valence-electron chi connectivity index (χ2n) is 7.28. The fourth-order valence-electron chi connectivity index (χ4n) is 3.70. The molecule has 3 rings (SSSR count). The summed E-state index contributed by atoms with van der Waals surface area (Å²) in [5.74, 6) is 0.0982. The molecular weight excluding hydrogens is 324 g/mol. The largest absolute Gasteiger partial charge is 0.355 e. The van der Waals surface area contributed by atoms with Crippen molar-refractivity contribution in [2.45, 2.75) is 19.9 Å². The summed E-state index contributed by atoms with van der Waals surface area (Å²) in [5.41, 5.74) is -0.175. The third-order valence-electron chi connectivity index (χ3n) is 4.80. The predicted octanol–water partition coefficient (Wildman–Crippen LogP) is 1.36. The number of rotatable bonds is 2. The van der Waals surface area contributed by atoms with E-state index in [-0.39, 0.29) is 17.4 Å². The molecule has 2 saturated heterocycles. The molecule has 1 N–H and O–H groups in total. The minimum Gasteiger partial charge on any atom is -0.355 e. The Hall–Kier alpha value is -1.60. The van der Waals surface area contributed by atoms with Crippen LogP contribution in [0.2, 0.25) is 0 Å². The number of hydrogen-bond acceptors (Lipinski definition) is 4. The monoisotopic (exact) mass is 350 g/mol. The Bertz CT molecular complexity index is 630. The van der Waals surface area contributed by atoms with E-state index >= 15 is 0 Å². The van der Waals surface area contributed by atoms with Crippen molar-refractivity contribution in [1.29, 1.82) is 0 Å². The summed E-state index contributed by atoms with van der Waals surface area (Å²) in [6, 6.07) is 4.36. The van der Waals surface area contributed by atoms with Crippen molar-refractivity contribution in [1.82, 2.24) is 20.0 Å². The van der Waals surface area contributed by atoms with Crippen molar-refractivity contribution in [2.24, 2.45) is 5.41 Å². The Morgan fingerprint density at radius 2 is 2.12 bits per heavy atom. The molecule has 7 heteroatoms. The van der Waals surface area contributed by atoms with E-state index in [9.17, 15) is 9.59 Å². The molecule has 1 atom stereocenters. The molecule has 132 valence electrons. The Balaban J connectivity index is 1.78. The van der Waals surface area contributed by atoms with Gasteiger partial charge in [0.2, 0.25) is 5.91 Å². The summed E-state index contributed by atoms with van der Waals surface area (Å²) in [7, 11) is 3.56. The lowest BCUT2D eigenvalue weighted by Crippen LogP contribution is -2.46. The number of urea groups is 1. The van der Waals surface area contributed by atoms with E-state index < -0.39 is 0 Å². The smallest absolute Gasteiger partial charge is 0.319 e. The number of nitrogens with one attached hydrogen (secondary N) is 1. The fraction of sp³-hybridized carbons (Fsp3) is 0.647. The van der Waals surface area contributed by atoms with Gasteiger partial charge in [-0.25, -0.2) is 4.79 Å². The quantitative estimate of drug-likeness (QED) is 0.876. The normalized spacial score (nSPS) is 25.0. The topological polar surface area (TPSA) is 55.9 Å². The van der Waals surface area contributed by atoms with Crippen LogP contribution in [0.1, 0.15) is 16.2 Å². The molecule has 2 aliphatic heterocycles. The highest BCUT2D eigenvalue weighted by Crippen LogP contribution is 2.32. The molecule has 2 fully saturated rings. The van der Waals surface area contributed by atoms with E-state index in [4.69, 9.17) is 0 Å². The van der Waals surface area contributed by atoms with E-state index in [1.165, 1.54) is 9.75 Å². The molecule has 1 aromatic rings. The van der Waals surface area contributed by atoms with Crippen LogP contribution in [0.25, 0.3) is 0 Å². The van der Waals surface area contributed by atoms with Crippen LogP contribution in [-0.2, 0) is 11.3 Å². The van der Waals surface area contributed by atoms with Crippen LogP contribution in [0.5, 0.6) is 0 Å². The Morgan fingerprint density at radius 3 is 2.71 bits per heavy atom. The Kier molecular flexibility index (Phi) is 4.83. The van der Waals surface area contributed by atoms with Crippen molar-refractivity contribution in [3.63, 3.8) is 0 Å². The zero-order chi connectivity index (χ0) is 17.3. The number of aryl methyl sites for hydroxylation is 1. The summed E-state index contributed by atoms with van der Waals surface area (Å²) in [6.45, 7) is 6.70. The van der Waals surface area contributed by atoms with Crippen LogP contribution in [0.15, 0.2) is 12.1 Å². The first kappa shape index (κ1) is 17.2. The molecule has 1 spiro atoms. The maximum atomic E-state index is 12.5. The number of nitrogens with zero attached hydrogens (tertiary/aromatic N) is 3. The second-order valence-corrected chi connectivity index (χ2v) is 8.65. The van der Waals surface area contributed by atoms with Gasteiger partial charge in [-0.15, -0.1) is 11.3 Å². The van der Waals surface area contributed by atoms with Crippen molar-refractivity contribution in [3.05, 3.63) is 21.9 Å². The number of thiophene rings is 1. The lowest BCUT2D eigenvalue weighted by atomic mass is 9.86. The second kappa shape index (κ2) is 6.72. The third kappa shape index (κ3) is 3.72. The molecular formula is C17H26N4O2S. The van der Waals surface area contributed by atoms with Gasteiger partial charge in [-0.1, -0.05) is 0 Å². The van der Waals surface area contributed by atoms with Crippen LogP contribution in [0.3, 0.4) is 0 Å². The Morgan fingerprint density at radius 1 is 1.33 bits per heavy atom. The van der Waals surface area contributed by atoms with Gasteiger partial charge in [0.05, 0.1) is 0 Å². The first-order valence-electron chi connectivity index (χ1n) is 8.37. The summed E-state index contributed by atoms with van der Waals surface area (Å²) in [6.07, 6.45) is 0.504. The van der Waals surface area contributed by atoms with Crippen LogP contribution < -0.4 is 5.32 Å². The van der Waals surface area contributed by atoms with Gasteiger partial charge in [0.15, 0.2) is 0 Å². The van der Waals surface area contributed by atoms with Crippen molar-refractivity contribution in [2.75, 3.05) is 46.8 Å². The average molecular weight is 350 g/mol. The maximum Gasteiger partial charge on any atom is 0.319 e. The third-order valence-corrected chi connectivity index (χ3v) is 5.78. The zero-order valence-corrected chi connectivity index (χ0v) is 15.5. The highest BCUT2D eigenvalue weighted by molar-refractivity contribution is 7.11. The molecule has 0 aromatic carbocycles. The summed E-state index contributed by atoms with van der Waals surface area (Å²) in [4.78, 5) is 32.9. The minimum atomic E-state index is -0.175. The first-order valence-corrected chi connectivity index (χ1v) is 9.19. The van der Waals surface area contributed by atoms with Crippen LogP contribution in [0.4, 0.5) is 4.79 Å². The van der Waals surface area contributed by atoms with Gasteiger partial charge in [0, 0.05) is 75.0 Å². The van der Waals surface area contributed by atoms with E-state index in [1.807, 2.05) is 16.2 Å². The SMILES string of the molecule is Cc1ccc(CN2CCN(C(=O)N(C)C)C[C@@]3(CNC(=O)C3)C2)s1. The minimum absolute atomic E-state index is 0.0301. The van der Waals surface area contributed by atoms with Gasteiger partial charge in [-0.2, -0.15) is 0 Å². The first-order chi connectivity index (χ1) is 11.4. The predicted molar refractivity (Wildman–Crippen MR) is 95.0 cm³/mol. The van der Waals surface area contributed by atoms with Crippen LogP contribution >= 0.6 is 11.3 Å². The number of hydrogen-bond donors (Lipinski definition) is 1. The van der Waals surface area contributed by atoms with Gasteiger partial charge in [0.25, 0.3) is 0 Å². The molecule has 0 unspecified atom stereocenters. The molecule has 0 radical (unpaired) electrons. The standard InChI is InChI=1S/C17H26N4O2S/c1-13-4-5-14(24-13)9-20-6-7-21(16(23)19(2)3)12-17(11-20)8-15(22)18-10-17/h4-5H,6-12H2,1-3H3,(H,18,22)/t17-/m0/s1. The van der Waals surface area contributed by atoms with Crippen LogP contribution in [0, 0.1) is 12.3 Å². The molecule has 0 bridgehead atoms. The highest BCUT2D eigenvalue weighted by atomic mass is 32.1. The van der Waals surface area contributed by atoms with E-state index in [1.54, 1.807) is 19.0 Å². The molecule has 1 aromatic heterocycles.